The maximum Gasteiger partial charge on any atom is 0.165 e. The molecule has 19 heavy (non-hydrogen) atoms. The average molecular weight is 265 g/mol. The Morgan fingerprint density at radius 2 is 2.05 bits per heavy atom. The van der Waals surface area contributed by atoms with Gasteiger partial charge in [-0.1, -0.05) is 12.1 Å². The summed E-state index contributed by atoms with van der Waals surface area (Å²) in [6.45, 7) is 1.94. The first kappa shape index (κ1) is 13.7. The Hall–Kier alpha value is -1.75. The number of aliphatic hydroxyl groups excluding tert-OH is 1. The van der Waals surface area contributed by atoms with Gasteiger partial charge in [-0.25, -0.2) is 0 Å². The number of methoxy groups -OCH3 is 2. The van der Waals surface area contributed by atoms with Crippen LogP contribution in [0.4, 0.5) is 0 Å². The second-order valence-electron chi connectivity index (χ2n) is 4.57. The number of ether oxygens (including phenoxy) is 2. The van der Waals surface area contributed by atoms with E-state index in [1.54, 1.807) is 14.2 Å². The molecule has 0 spiro atoms. The predicted molar refractivity (Wildman–Crippen MR) is 71.9 cm³/mol. The minimum atomic E-state index is -0.581. The zero-order valence-corrected chi connectivity index (χ0v) is 11.5. The third-order valence-electron chi connectivity index (χ3n) is 3.49. The number of nitrogens with zero attached hydrogens (tertiary/aromatic N) is 1. The Morgan fingerprint density at radius 1 is 1.32 bits per heavy atom. The van der Waals surface area contributed by atoms with Gasteiger partial charge in [0.05, 0.1) is 26.5 Å². The Labute approximate surface area is 112 Å². The first-order valence-corrected chi connectivity index (χ1v) is 6.26. The highest BCUT2D eigenvalue weighted by molar-refractivity contribution is 6.02. The van der Waals surface area contributed by atoms with Crippen LogP contribution in [0.5, 0.6) is 11.5 Å². The molecular weight excluding hydrogens is 246 g/mol. The molecule has 1 aromatic rings. The zero-order chi connectivity index (χ0) is 13.9. The smallest absolute Gasteiger partial charge is 0.165 e. The van der Waals surface area contributed by atoms with Crippen molar-refractivity contribution in [3.05, 3.63) is 23.8 Å². The summed E-state index contributed by atoms with van der Waals surface area (Å²) in [5, 5.41) is 13.5. The van der Waals surface area contributed by atoms with E-state index < -0.39 is 5.60 Å². The summed E-state index contributed by atoms with van der Waals surface area (Å²) >= 11 is 0. The van der Waals surface area contributed by atoms with E-state index in [0.717, 1.165) is 11.3 Å². The second-order valence-corrected chi connectivity index (χ2v) is 4.57. The van der Waals surface area contributed by atoms with E-state index >= 15 is 0 Å². The van der Waals surface area contributed by atoms with Crippen LogP contribution >= 0.6 is 0 Å². The van der Waals surface area contributed by atoms with E-state index in [1.165, 1.54) is 0 Å². The molecule has 0 aromatic heterocycles. The molecule has 1 heterocycles. The van der Waals surface area contributed by atoms with Gasteiger partial charge in [-0.3, -0.25) is 0 Å². The summed E-state index contributed by atoms with van der Waals surface area (Å²) in [6.07, 6.45) is 1.30. The van der Waals surface area contributed by atoms with Gasteiger partial charge in [0.1, 0.15) is 0 Å². The molecule has 0 aliphatic carbocycles. The van der Waals surface area contributed by atoms with E-state index in [9.17, 15) is 5.11 Å². The number of benzene rings is 1. The highest BCUT2D eigenvalue weighted by atomic mass is 16.7. The highest BCUT2D eigenvalue weighted by Crippen LogP contribution is 2.33. The number of oxime groups is 1. The molecule has 1 aromatic carbocycles. The van der Waals surface area contributed by atoms with Crippen LogP contribution in [0.1, 0.15) is 25.3 Å². The fourth-order valence-electron chi connectivity index (χ4n) is 2.08. The summed E-state index contributed by atoms with van der Waals surface area (Å²) in [7, 11) is 3.19. The van der Waals surface area contributed by atoms with Gasteiger partial charge in [-0.2, -0.15) is 0 Å². The van der Waals surface area contributed by atoms with Gasteiger partial charge < -0.3 is 19.4 Å². The molecular formula is C14H19NO4. The number of rotatable bonds is 5. The lowest BCUT2D eigenvalue weighted by molar-refractivity contribution is -0.0591. The van der Waals surface area contributed by atoms with Crippen molar-refractivity contribution in [2.75, 3.05) is 20.8 Å². The van der Waals surface area contributed by atoms with Crippen LogP contribution in [-0.2, 0) is 4.84 Å². The van der Waals surface area contributed by atoms with E-state index in [1.807, 2.05) is 25.1 Å². The molecule has 0 saturated heterocycles. The minimum absolute atomic E-state index is 0.0379. The van der Waals surface area contributed by atoms with Gasteiger partial charge in [0, 0.05) is 12.0 Å². The first-order chi connectivity index (χ1) is 9.18. The molecule has 2 rings (SSSR count). The van der Waals surface area contributed by atoms with E-state index in [-0.39, 0.29) is 6.61 Å². The largest absolute Gasteiger partial charge is 0.493 e. The summed E-state index contributed by atoms with van der Waals surface area (Å²) < 4.78 is 10.5. The zero-order valence-electron chi connectivity index (χ0n) is 11.5. The van der Waals surface area contributed by atoms with E-state index in [0.29, 0.717) is 24.3 Å². The van der Waals surface area contributed by atoms with Crippen molar-refractivity contribution in [1.82, 2.24) is 0 Å². The average Bonchev–Trinajstić information content (AvgIpc) is 2.91. The summed E-state index contributed by atoms with van der Waals surface area (Å²) in [5.74, 6) is 1.33. The van der Waals surface area contributed by atoms with Crippen LogP contribution in [0.25, 0.3) is 0 Å². The molecule has 1 N–H and O–H groups in total. The molecule has 0 radical (unpaired) electrons. The fraction of sp³-hybridized carbons (Fsp3) is 0.500. The third-order valence-corrected chi connectivity index (χ3v) is 3.49. The van der Waals surface area contributed by atoms with Crippen molar-refractivity contribution in [2.24, 2.45) is 5.16 Å². The number of hydrogen-bond acceptors (Lipinski definition) is 5. The maximum absolute atomic E-state index is 9.42. The summed E-state index contributed by atoms with van der Waals surface area (Å²) in [4.78, 5) is 5.40. The van der Waals surface area contributed by atoms with Crippen molar-refractivity contribution < 1.29 is 19.4 Å². The van der Waals surface area contributed by atoms with Gasteiger partial charge in [0.15, 0.2) is 17.1 Å². The van der Waals surface area contributed by atoms with Gasteiger partial charge in [0.2, 0.25) is 0 Å². The summed E-state index contributed by atoms with van der Waals surface area (Å²) in [5.41, 5.74) is 1.15. The van der Waals surface area contributed by atoms with Crippen molar-refractivity contribution in [2.45, 2.75) is 25.4 Å². The standard InChI is InChI=1S/C14H19NO4/c1-4-14(9-16)8-11(15-19-14)10-5-6-12(17-2)13(7-10)18-3/h5-7,16H,4,8-9H2,1-3H3. The lowest BCUT2D eigenvalue weighted by atomic mass is 9.92. The monoisotopic (exact) mass is 265 g/mol. The van der Waals surface area contributed by atoms with E-state index in [2.05, 4.69) is 5.16 Å². The molecule has 0 bridgehead atoms. The normalized spacial score (nSPS) is 21.8. The van der Waals surface area contributed by atoms with E-state index in [4.69, 9.17) is 14.3 Å². The first-order valence-electron chi connectivity index (χ1n) is 6.26. The van der Waals surface area contributed by atoms with Crippen molar-refractivity contribution >= 4 is 5.71 Å². The third kappa shape index (κ3) is 2.51. The Bertz CT molecular complexity index is 480. The van der Waals surface area contributed by atoms with Gasteiger partial charge in [-0.15, -0.1) is 0 Å². The number of hydrogen-bond donors (Lipinski definition) is 1. The van der Waals surface area contributed by atoms with Crippen LogP contribution in [-0.4, -0.2) is 37.2 Å². The molecule has 5 nitrogen and oxygen atoms in total. The van der Waals surface area contributed by atoms with Crippen LogP contribution in [0.15, 0.2) is 23.4 Å². The minimum Gasteiger partial charge on any atom is -0.493 e. The van der Waals surface area contributed by atoms with Gasteiger partial charge >= 0.3 is 0 Å². The van der Waals surface area contributed by atoms with Crippen molar-refractivity contribution in [3.8, 4) is 11.5 Å². The van der Waals surface area contributed by atoms with Crippen molar-refractivity contribution in [3.63, 3.8) is 0 Å². The second kappa shape index (κ2) is 5.48. The fourth-order valence-corrected chi connectivity index (χ4v) is 2.08. The molecule has 0 saturated carbocycles. The predicted octanol–water partition coefficient (Wildman–Crippen LogP) is 1.97. The lowest BCUT2D eigenvalue weighted by Crippen LogP contribution is -2.32. The molecule has 5 heteroatoms. The highest BCUT2D eigenvalue weighted by Gasteiger charge is 2.37. The maximum atomic E-state index is 9.42. The van der Waals surface area contributed by atoms with Crippen LogP contribution in [0, 0.1) is 0 Å². The molecule has 1 unspecified atom stereocenters. The Balaban J connectivity index is 2.25. The molecule has 0 fully saturated rings. The van der Waals surface area contributed by atoms with Gasteiger partial charge in [-0.05, 0) is 24.6 Å². The van der Waals surface area contributed by atoms with Gasteiger partial charge in [0.25, 0.3) is 0 Å². The Kier molecular flexibility index (Phi) is 3.95. The van der Waals surface area contributed by atoms with Crippen LogP contribution in [0.3, 0.4) is 0 Å². The molecule has 1 atom stereocenters. The topological polar surface area (TPSA) is 60.3 Å². The Morgan fingerprint density at radius 3 is 2.58 bits per heavy atom. The quantitative estimate of drug-likeness (QED) is 0.884. The van der Waals surface area contributed by atoms with Crippen LogP contribution in [0.2, 0.25) is 0 Å². The molecule has 1 aliphatic rings. The lowest BCUT2D eigenvalue weighted by Gasteiger charge is -2.21. The molecule has 0 amide bonds. The van der Waals surface area contributed by atoms with Crippen molar-refractivity contribution in [1.29, 1.82) is 0 Å². The molecule has 1 aliphatic heterocycles. The SMILES string of the molecule is CCC1(CO)CC(c2ccc(OC)c(OC)c2)=NO1. The van der Waals surface area contributed by atoms with Crippen LogP contribution < -0.4 is 9.47 Å². The number of aliphatic hydroxyl groups is 1. The summed E-state index contributed by atoms with van der Waals surface area (Å²) in [6, 6.07) is 5.61. The molecule has 104 valence electrons.